The van der Waals surface area contributed by atoms with E-state index in [1.165, 1.54) is 10.5 Å². The first kappa shape index (κ1) is 53.4. The maximum atomic E-state index is 14.2. The molecule has 16 heteroatoms. The van der Waals surface area contributed by atoms with E-state index >= 15 is 0 Å². The van der Waals surface area contributed by atoms with Crippen LogP contribution in [0.3, 0.4) is 0 Å². The predicted molar refractivity (Wildman–Crippen MR) is 278 cm³/mol. The summed E-state index contributed by atoms with van der Waals surface area (Å²) in [7, 11) is 0. The number of unbranched alkanes of at least 4 members (excludes halogenated alkanes) is 1. The van der Waals surface area contributed by atoms with Crippen LogP contribution in [-0.4, -0.2) is 125 Å². The van der Waals surface area contributed by atoms with Gasteiger partial charge in [-0.1, -0.05) is 96.5 Å². The first-order chi connectivity index (χ1) is 33.6. The Bertz CT molecular complexity index is 2560. The van der Waals surface area contributed by atoms with Crippen molar-refractivity contribution in [3.8, 4) is 22.3 Å². The third-order valence-corrected chi connectivity index (χ3v) is 16.0. The van der Waals surface area contributed by atoms with E-state index in [-0.39, 0.29) is 72.2 Å². The second-order valence-corrected chi connectivity index (χ2v) is 23.2. The largest absolute Gasteiger partial charge is 0.489 e. The third kappa shape index (κ3) is 12.5. The van der Waals surface area contributed by atoms with Gasteiger partial charge < -0.3 is 35.6 Å². The number of rotatable bonds is 17. The molecule has 3 aliphatic rings. The number of nitriles is 1. The molecule has 4 aromatic rings. The third-order valence-electron chi connectivity index (χ3n) is 14.7. The highest BCUT2D eigenvalue weighted by molar-refractivity contribution is 7.13. The van der Waals surface area contributed by atoms with E-state index in [0.29, 0.717) is 21.9 Å². The Balaban J connectivity index is 0.816. The molecule has 380 valence electrons. The number of aliphatic hydroxyl groups excluding tert-OH is 1. The van der Waals surface area contributed by atoms with Crippen molar-refractivity contribution in [2.24, 2.45) is 16.2 Å². The molecule has 2 unspecified atom stereocenters. The van der Waals surface area contributed by atoms with Crippen molar-refractivity contribution >= 4 is 46.6 Å². The van der Waals surface area contributed by atoms with E-state index in [2.05, 4.69) is 64.5 Å². The lowest BCUT2D eigenvalue weighted by Gasteiger charge is -2.63. The summed E-state index contributed by atoms with van der Waals surface area (Å²) in [5.41, 5.74) is 5.59. The summed E-state index contributed by atoms with van der Waals surface area (Å²) in [4.78, 5) is 66.4. The molecule has 1 aliphatic carbocycles. The number of nitrogens with zero attached hydrogens (tertiary/aromatic N) is 5. The van der Waals surface area contributed by atoms with Gasteiger partial charge in [0.1, 0.15) is 30.0 Å². The molecule has 14 nitrogen and oxygen atoms in total. The van der Waals surface area contributed by atoms with Gasteiger partial charge in [0.25, 0.3) is 5.91 Å². The zero-order valence-electron chi connectivity index (χ0n) is 42.7. The average molecular weight is 1010 g/mol. The van der Waals surface area contributed by atoms with Crippen LogP contribution in [-0.2, 0) is 20.8 Å². The molecule has 4 N–H and O–H groups in total. The minimum absolute atomic E-state index is 0.0147. The van der Waals surface area contributed by atoms with Crippen LogP contribution in [0.2, 0.25) is 5.02 Å². The van der Waals surface area contributed by atoms with Gasteiger partial charge in [0.15, 0.2) is 0 Å². The normalized spacial score (nSPS) is 21.9. The quantitative estimate of drug-likeness (QED) is 0.0772. The summed E-state index contributed by atoms with van der Waals surface area (Å²) in [5, 5.41) is 29.6. The Labute approximate surface area is 428 Å². The summed E-state index contributed by atoms with van der Waals surface area (Å²) in [5.74, 6) is -0.492. The van der Waals surface area contributed by atoms with Gasteiger partial charge in [0.2, 0.25) is 17.7 Å². The fourth-order valence-corrected chi connectivity index (χ4v) is 11.9. The number of aromatic nitrogens is 1. The van der Waals surface area contributed by atoms with E-state index in [9.17, 15) is 29.5 Å². The summed E-state index contributed by atoms with van der Waals surface area (Å²) < 4.78 is 6.38. The highest BCUT2D eigenvalue weighted by Crippen LogP contribution is 2.55. The van der Waals surface area contributed by atoms with Crippen molar-refractivity contribution < 1.29 is 29.0 Å². The Morgan fingerprint density at radius 1 is 0.944 bits per heavy atom. The topological polar surface area (TPSA) is 180 Å². The number of benzene rings is 3. The predicted octanol–water partition coefficient (Wildman–Crippen LogP) is 7.57. The van der Waals surface area contributed by atoms with Gasteiger partial charge in [-0.3, -0.25) is 24.1 Å². The van der Waals surface area contributed by atoms with E-state index < -0.39 is 23.6 Å². The molecule has 3 aromatic carbocycles. The average Bonchev–Trinajstić information content (AvgIpc) is 3.95. The molecular weight excluding hydrogens is 936 g/mol. The van der Waals surface area contributed by atoms with Crippen LogP contribution in [0, 0.1) is 34.5 Å². The van der Waals surface area contributed by atoms with Crippen molar-refractivity contribution in [1.29, 1.82) is 5.26 Å². The summed E-state index contributed by atoms with van der Waals surface area (Å²) >= 11 is 7.84. The number of thiazole rings is 1. The maximum Gasteiger partial charge on any atom is 0.251 e. The van der Waals surface area contributed by atoms with Crippen LogP contribution in [0.4, 0.5) is 0 Å². The zero-order chi connectivity index (χ0) is 51.4. The van der Waals surface area contributed by atoms with E-state index in [0.717, 1.165) is 73.7 Å². The molecule has 3 heterocycles. The van der Waals surface area contributed by atoms with Crippen LogP contribution in [0.1, 0.15) is 113 Å². The van der Waals surface area contributed by atoms with Gasteiger partial charge in [-0.2, -0.15) is 5.26 Å². The lowest BCUT2D eigenvalue weighted by Crippen LogP contribution is -2.74. The Kier molecular flexibility index (Phi) is 16.7. The highest BCUT2D eigenvalue weighted by atomic mass is 35.5. The Morgan fingerprint density at radius 3 is 2.21 bits per heavy atom. The van der Waals surface area contributed by atoms with E-state index in [1.54, 1.807) is 29.5 Å². The molecule has 2 aliphatic heterocycles. The molecule has 4 amide bonds. The SMILES string of the molecule is Cc1ncsc1-c1ccc([C@H](C)NC(=O)C2C[C@@H](O)CN2C(=O)C(NC(=O)CN2CCN(CCCCc3ccc(C(=O)NC4C(C)(C)C(Oc5ccc(C#N)c(Cl)c5)C4(C)C)cc3)CC2)C(C)(C)C)cc1. The van der Waals surface area contributed by atoms with Crippen molar-refractivity contribution in [3.05, 3.63) is 105 Å². The van der Waals surface area contributed by atoms with Crippen LogP contribution in [0.25, 0.3) is 10.4 Å². The molecule has 2 saturated heterocycles. The number of aryl methyl sites for hydroxylation is 2. The zero-order valence-corrected chi connectivity index (χ0v) is 44.3. The summed E-state index contributed by atoms with van der Waals surface area (Å²) in [6, 6.07) is 20.8. The van der Waals surface area contributed by atoms with Crippen LogP contribution < -0.4 is 20.7 Å². The van der Waals surface area contributed by atoms with Gasteiger partial charge in [-0.05, 0) is 86.0 Å². The number of aliphatic hydroxyl groups is 1. The van der Waals surface area contributed by atoms with Crippen molar-refractivity contribution in [2.75, 3.05) is 45.8 Å². The molecule has 3 fully saturated rings. The van der Waals surface area contributed by atoms with E-state index in [1.807, 2.05) is 88.7 Å². The molecule has 1 aromatic heterocycles. The van der Waals surface area contributed by atoms with Crippen molar-refractivity contribution in [2.45, 2.75) is 124 Å². The van der Waals surface area contributed by atoms with Gasteiger partial charge in [0.05, 0.1) is 45.4 Å². The number of hydrogen-bond acceptors (Lipinski definition) is 11. The number of nitrogens with one attached hydrogen (secondary N) is 3. The van der Waals surface area contributed by atoms with Crippen LogP contribution >= 0.6 is 22.9 Å². The number of amides is 4. The number of likely N-dealkylation sites (tertiary alicyclic amines) is 1. The van der Waals surface area contributed by atoms with Gasteiger partial charge in [0, 0.05) is 67.6 Å². The Hall–Kier alpha value is -5.37. The fraction of sp³-hybridized carbons (Fsp3) is 0.527. The number of piperazine rings is 1. The fourth-order valence-electron chi connectivity index (χ4n) is 10.9. The molecule has 1 saturated carbocycles. The summed E-state index contributed by atoms with van der Waals surface area (Å²) in [6.07, 6.45) is 2.01. The first-order valence-electron chi connectivity index (χ1n) is 24.9. The lowest BCUT2D eigenvalue weighted by atomic mass is 9.49. The number of carbonyl (C=O) groups is 4. The van der Waals surface area contributed by atoms with Crippen LogP contribution in [0.5, 0.6) is 5.75 Å². The molecule has 0 bridgehead atoms. The maximum absolute atomic E-state index is 14.2. The Morgan fingerprint density at radius 2 is 1.61 bits per heavy atom. The molecule has 0 spiro atoms. The smallest absolute Gasteiger partial charge is 0.251 e. The second kappa shape index (κ2) is 22.2. The standard InChI is InChI=1S/C55H71ClN8O6S/c1-34(37-17-19-38(20-18-37)46-35(2)58-33-71-46)59-49(68)44-28-41(65)31-64(44)50(69)47(53(3,4)5)60-45(66)32-63-26-24-62(25-27-63)23-11-10-12-36-13-15-39(16-14-36)48(67)61-51-54(6,7)52(55(51,8)9)70-42-22-21-40(30-57)43(56)29-42/h13-22,29,33-34,41,44,47,51-52,65H,10-12,23-28,31-32H2,1-9H3,(H,59,68)(H,60,66)(H,61,67)/t34-,41+,44?,47?,51?,52?/m0/s1. The van der Waals surface area contributed by atoms with Gasteiger partial charge in [-0.15, -0.1) is 11.3 Å². The molecular formula is C55H71ClN8O6S. The molecule has 7 rings (SSSR count). The first-order valence-corrected chi connectivity index (χ1v) is 26.1. The van der Waals surface area contributed by atoms with E-state index in [4.69, 9.17) is 16.3 Å². The number of carbonyl (C=O) groups excluding carboxylic acids is 4. The van der Waals surface area contributed by atoms with Crippen LogP contribution in [0.15, 0.2) is 72.2 Å². The minimum atomic E-state index is -0.893. The molecule has 4 atom stereocenters. The highest BCUT2D eigenvalue weighted by Gasteiger charge is 2.64. The molecule has 0 radical (unpaired) electrons. The second-order valence-electron chi connectivity index (χ2n) is 22.0. The van der Waals surface area contributed by atoms with Gasteiger partial charge in [-0.25, -0.2) is 4.98 Å². The number of β-amino-alcohol motifs (C(OH)–C–C–N with tert-alkyl or cyclic N) is 1. The number of ether oxygens (including phenoxy) is 1. The van der Waals surface area contributed by atoms with Crippen molar-refractivity contribution in [1.82, 2.24) is 35.6 Å². The number of hydrogen-bond donors (Lipinski definition) is 4. The van der Waals surface area contributed by atoms with Gasteiger partial charge >= 0.3 is 0 Å². The monoisotopic (exact) mass is 1010 g/mol. The molecule has 71 heavy (non-hydrogen) atoms. The summed E-state index contributed by atoms with van der Waals surface area (Å²) in [6.45, 7) is 22.2. The van der Waals surface area contributed by atoms with Crippen molar-refractivity contribution in [3.63, 3.8) is 0 Å². The lowest BCUT2D eigenvalue weighted by molar-refractivity contribution is -0.164. The number of halogens is 1. The minimum Gasteiger partial charge on any atom is -0.489 e.